The molecule has 1 amide bonds. The van der Waals surface area contributed by atoms with Crippen molar-refractivity contribution >= 4 is 28.3 Å². The summed E-state index contributed by atoms with van der Waals surface area (Å²) in [7, 11) is 0. The maximum atomic E-state index is 14.1. The lowest BCUT2D eigenvalue weighted by atomic mass is 10.00. The van der Waals surface area contributed by atoms with Crippen LogP contribution in [0, 0.1) is 5.82 Å². The highest BCUT2D eigenvalue weighted by Crippen LogP contribution is 2.44. The molecule has 0 fully saturated rings. The molecule has 3 rings (SSSR count). The Kier molecular flexibility index (Phi) is 4.66. The van der Waals surface area contributed by atoms with E-state index >= 15 is 0 Å². The largest absolute Gasteiger partial charge is 0.468 e. The first-order valence-electron chi connectivity index (χ1n) is 7.51. The Morgan fingerprint density at radius 1 is 1.38 bits per heavy atom. The van der Waals surface area contributed by atoms with Gasteiger partial charge in [-0.05, 0) is 63.5 Å². The first-order chi connectivity index (χ1) is 11.5. The molecule has 1 aliphatic rings. The van der Waals surface area contributed by atoms with Gasteiger partial charge in [-0.3, -0.25) is 9.59 Å². The van der Waals surface area contributed by atoms with Crippen molar-refractivity contribution in [2.75, 3.05) is 6.61 Å². The van der Waals surface area contributed by atoms with Gasteiger partial charge in [0.15, 0.2) is 0 Å². The van der Waals surface area contributed by atoms with Crippen LogP contribution >= 0.6 is 15.9 Å². The summed E-state index contributed by atoms with van der Waals surface area (Å²) in [6, 6.07) is 7.14. The second-order valence-corrected chi connectivity index (χ2v) is 6.47. The van der Waals surface area contributed by atoms with Crippen molar-refractivity contribution in [2.24, 2.45) is 5.73 Å². The SMILES string of the molecule is NC(=O)c1cc(F)c(Br)c2c1Cc1cc(CCCOC=O)ccc1-2. The molecule has 2 N–H and O–H groups in total. The third-order valence-corrected chi connectivity index (χ3v) is 4.97. The van der Waals surface area contributed by atoms with Gasteiger partial charge < -0.3 is 10.5 Å². The summed E-state index contributed by atoms with van der Waals surface area (Å²) in [5.41, 5.74) is 10.1. The second-order valence-electron chi connectivity index (χ2n) is 5.68. The second kappa shape index (κ2) is 6.73. The predicted octanol–water partition coefficient (Wildman–Crippen LogP) is 3.36. The van der Waals surface area contributed by atoms with Gasteiger partial charge in [-0.2, -0.15) is 0 Å². The van der Waals surface area contributed by atoms with Gasteiger partial charge in [-0.15, -0.1) is 0 Å². The van der Waals surface area contributed by atoms with Crippen molar-refractivity contribution in [3.63, 3.8) is 0 Å². The molecule has 0 unspecified atom stereocenters. The predicted molar refractivity (Wildman–Crippen MR) is 91.2 cm³/mol. The van der Waals surface area contributed by atoms with Gasteiger partial charge in [-0.1, -0.05) is 18.2 Å². The van der Waals surface area contributed by atoms with Crippen molar-refractivity contribution in [1.82, 2.24) is 0 Å². The van der Waals surface area contributed by atoms with Gasteiger partial charge in [0, 0.05) is 11.1 Å². The Bertz CT molecular complexity index is 835. The van der Waals surface area contributed by atoms with Crippen molar-refractivity contribution < 1.29 is 18.7 Å². The van der Waals surface area contributed by atoms with Crippen molar-refractivity contribution in [2.45, 2.75) is 19.3 Å². The Morgan fingerprint density at radius 3 is 2.88 bits per heavy atom. The maximum absolute atomic E-state index is 14.1. The highest BCUT2D eigenvalue weighted by Gasteiger charge is 2.27. The van der Waals surface area contributed by atoms with E-state index in [1.165, 1.54) is 6.07 Å². The topological polar surface area (TPSA) is 69.4 Å². The average molecular weight is 392 g/mol. The lowest BCUT2D eigenvalue weighted by molar-refractivity contribution is -0.128. The molecule has 0 aromatic heterocycles. The molecule has 6 heteroatoms. The minimum absolute atomic E-state index is 0.225. The Hall–Kier alpha value is -2.21. The molecular weight excluding hydrogens is 377 g/mol. The molecule has 1 aliphatic carbocycles. The number of aryl methyl sites for hydroxylation is 1. The molecule has 24 heavy (non-hydrogen) atoms. The van der Waals surface area contributed by atoms with Crippen LogP contribution in [0.15, 0.2) is 28.7 Å². The van der Waals surface area contributed by atoms with Gasteiger partial charge in [-0.25, -0.2) is 4.39 Å². The minimum atomic E-state index is -0.628. The van der Waals surface area contributed by atoms with Gasteiger partial charge in [0.1, 0.15) is 5.82 Å². The minimum Gasteiger partial charge on any atom is -0.468 e. The number of halogens is 2. The lowest BCUT2D eigenvalue weighted by Crippen LogP contribution is -2.14. The highest BCUT2D eigenvalue weighted by molar-refractivity contribution is 9.10. The maximum Gasteiger partial charge on any atom is 0.293 e. The summed E-state index contributed by atoms with van der Waals surface area (Å²) in [5.74, 6) is -1.12. The number of hydrogen-bond donors (Lipinski definition) is 1. The number of nitrogens with two attached hydrogens (primary N) is 1. The van der Waals surface area contributed by atoms with Crippen LogP contribution in [0.2, 0.25) is 0 Å². The van der Waals surface area contributed by atoms with E-state index in [0.717, 1.165) is 35.1 Å². The first-order valence-corrected chi connectivity index (χ1v) is 8.30. The number of amides is 1. The summed E-state index contributed by atoms with van der Waals surface area (Å²) in [4.78, 5) is 21.8. The van der Waals surface area contributed by atoms with Gasteiger partial charge in [0.05, 0.1) is 11.1 Å². The quantitative estimate of drug-likeness (QED) is 0.517. The third-order valence-electron chi connectivity index (χ3n) is 4.19. The van der Waals surface area contributed by atoms with Gasteiger partial charge in [0.2, 0.25) is 5.91 Å². The van der Waals surface area contributed by atoms with E-state index in [2.05, 4.69) is 20.7 Å². The van der Waals surface area contributed by atoms with E-state index in [1.54, 1.807) is 0 Å². The molecule has 2 aromatic rings. The molecular formula is C18H15BrFNO3. The lowest BCUT2D eigenvalue weighted by Gasteiger charge is -2.09. The molecule has 0 heterocycles. The smallest absolute Gasteiger partial charge is 0.293 e. The first kappa shape index (κ1) is 16.6. The van der Waals surface area contributed by atoms with E-state index < -0.39 is 11.7 Å². The number of rotatable bonds is 6. The summed E-state index contributed by atoms with van der Waals surface area (Å²) in [6.07, 6.45) is 2.05. The molecule has 0 bridgehead atoms. The third kappa shape index (κ3) is 2.94. The molecule has 124 valence electrons. The number of carbonyl (C=O) groups excluding carboxylic acids is 2. The van der Waals surface area contributed by atoms with Crippen LogP contribution in [0.3, 0.4) is 0 Å². The molecule has 0 radical (unpaired) electrons. The van der Waals surface area contributed by atoms with E-state index in [4.69, 9.17) is 5.73 Å². The number of benzene rings is 2. The number of fused-ring (bicyclic) bond motifs is 3. The Balaban J connectivity index is 1.95. The monoisotopic (exact) mass is 391 g/mol. The van der Waals surface area contributed by atoms with Crippen LogP contribution in [-0.2, 0) is 22.4 Å². The fraction of sp³-hybridized carbons (Fsp3) is 0.222. The van der Waals surface area contributed by atoms with Crippen molar-refractivity contribution in [3.05, 3.63) is 56.8 Å². The standard InChI is InChI=1S/C18H15BrFNO3/c19-17-15(20)8-14(18(21)23)13-7-11-6-10(2-1-5-24-9-22)3-4-12(11)16(13)17/h3-4,6,8-9H,1-2,5,7H2,(H2,21,23). The van der Waals surface area contributed by atoms with Gasteiger partial charge >= 0.3 is 0 Å². The van der Waals surface area contributed by atoms with Crippen LogP contribution in [0.25, 0.3) is 11.1 Å². The molecule has 0 saturated heterocycles. The fourth-order valence-electron chi connectivity index (χ4n) is 3.14. The zero-order valence-electron chi connectivity index (χ0n) is 12.8. The number of hydrogen-bond acceptors (Lipinski definition) is 3. The molecule has 2 aromatic carbocycles. The summed E-state index contributed by atoms with van der Waals surface area (Å²) >= 11 is 3.29. The van der Waals surface area contributed by atoms with E-state index in [9.17, 15) is 14.0 Å². The molecule has 0 saturated carbocycles. The molecule has 0 atom stereocenters. The van der Waals surface area contributed by atoms with Crippen LogP contribution < -0.4 is 5.73 Å². The number of primary amides is 1. The molecule has 0 aliphatic heterocycles. The number of ether oxygens (including phenoxy) is 1. The van der Waals surface area contributed by atoms with E-state index in [-0.39, 0.29) is 5.56 Å². The van der Waals surface area contributed by atoms with Crippen molar-refractivity contribution in [1.29, 1.82) is 0 Å². The summed E-state index contributed by atoms with van der Waals surface area (Å²) in [5, 5.41) is 0. The fourth-order valence-corrected chi connectivity index (χ4v) is 3.71. The zero-order chi connectivity index (χ0) is 17.3. The van der Waals surface area contributed by atoms with Crippen LogP contribution in [0.4, 0.5) is 4.39 Å². The summed E-state index contributed by atoms with van der Waals surface area (Å²) in [6.45, 7) is 0.820. The number of carbonyl (C=O) groups is 2. The Labute approximate surface area is 146 Å². The normalized spacial score (nSPS) is 11.8. The average Bonchev–Trinajstić information content (AvgIpc) is 2.93. The van der Waals surface area contributed by atoms with Gasteiger partial charge in [0.25, 0.3) is 6.47 Å². The molecule has 0 spiro atoms. The molecule has 4 nitrogen and oxygen atoms in total. The van der Waals surface area contributed by atoms with Crippen LogP contribution in [0.5, 0.6) is 0 Å². The van der Waals surface area contributed by atoms with Crippen LogP contribution in [-0.4, -0.2) is 19.0 Å². The Morgan fingerprint density at radius 2 is 2.17 bits per heavy atom. The highest BCUT2D eigenvalue weighted by atomic mass is 79.9. The van der Waals surface area contributed by atoms with Crippen molar-refractivity contribution in [3.8, 4) is 11.1 Å². The van der Waals surface area contributed by atoms with E-state index in [1.807, 2.05) is 18.2 Å². The summed E-state index contributed by atoms with van der Waals surface area (Å²) < 4.78 is 19.2. The van der Waals surface area contributed by atoms with Crippen LogP contribution in [0.1, 0.15) is 33.5 Å². The van der Waals surface area contributed by atoms with E-state index in [0.29, 0.717) is 29.5 Å². The zero-order valence-corrected chi connectivity index (χ0v) is 14.4.